The fourth-order valence-corrected chi connectivity index (χ4v) is 2.27. The number of nitrogens with zero attached hydrogens (tertiary/aromatic N) is 2. The molecule has 7 nitrogen and oxygen atoms in total. The molecule has 128 valence electrons. The number of carbonyl (C=O) groups excluding carboxylic acids is 1. The van der Waals surface area contributed by atoms with Gasteiger partial charge in [0, 0.05) is 6.07 Å². The van der Waals surface area contributed by atoms with E-state index in [0.717, 1.165) is 5.52 Å². The smallest absolute Gasteiger partial charge is 0.316 e. The van der Waals surface area contributed by atoms with E-state index in [2.05, 4.69) is 9.97 Å². The zero-order valence-corrected chi connectivity index (χ0v) is 14.1. The number of nitrogens with one attached hydrogen (secondary N) is 1. The van der Waals surface area contributed by atoms with Crippen molar-refractivity contribution < 1.29 is 14.5 Å². The van der Waals surface area contributed by atoms with E-state index >= 15 is 0 Å². The summed E-state index contributed by atoms with van der Waals surface area (Å²) in [6.45, 7) is 5.21. The zero-order valence-electron chi connectivity index (χ0n) is 14.1. The lowest BCUT2D eigenvalue weighted by Crippen LogP contribution is -2.25. The van der Waals surface area contributed by atoms with Gasteiger partial charge in [0.2, 0.25) is 0 Å². The topological polar surface area (TPSA) is 98.1 Å². The Morgan fingerprint density at radius 2 is 1.92 bits per heavy atom. The van der Waals surface area contributed by atoms with Crippen molar-refractivity contribution in [2.45, 2.75) is 20.8 Å². The molecule has 0 amide bonds. The number of fused-ring (bicyclic) bond motifs is 1. The summed E-state index contributed by atoms with van der Waals surface area (Å²) in [5.74, 6) is 0.166. The van der Waals surface area contributed by atoms with Crippen molar-refractivity contribution in [2.24, 2.45) is 5.41 Å². The summed E-state index contributed by atoms with van der Waals surface area (Å²) in [5.41, 5.74) is 0.934. The van der Waals surface area contributed by atoms with Gasteiger partial charge in [-0.25, -0.2) is 4.98 Å². The number of esters is 1. The number of hydrogen-bond acceptors (Lipinski definition) is 5. The minimum atomic E-state index is -0.679. The molecule has 1 N–H and O–H groups in total. The molecule has 0 spiro atoms. The van der Waals surface area contributed by atoms with E-state index in [1.54, 1.807) is 20.8 Å². The summed E-state index contributed by atoms with van der Waals surface area (Å²) in [6.07, 6.45) is 0. The normalized spacial score (nSPS) is 11.5. The highest BCUT2D eigenvalue weighted by atomic mass is 16.6. The number of nitro groups is 1. The number of hydrogen-bond donors (Lipinski definition) is 1. The molecule has 0 aliphatic carbocycles. The molecule has 1 heterocycles. The quantitative estimate of drug-likeness (QED) is 0.335. The first-order chi connectivity index (χ1) is 11.8. The second-order valence-corrected chi connectivity index (χ2v) is 6.68. The molecule has 25 heavy (non-hydrogen) atoms. The summed E-state index contributed by atoms with van der Waals surface area (Å²) in [5, 5.41) is 11.4. The fourth-order valence-electron chi connectivity index (χ4n) is 2.27. The summed E-state index contributed by atoms with van der Waals surface area (Å²) in [4.78, 5) is 30.4. The highest BCUT2D eigenvalue weighted by Gasteiger charge is 2.25. The third-order valence-corrected chi connectivity index (χ3v) is 3.63. The van der Waals surface area contributed by atoms with Crippen LogP contribution in [0.4, 0.5) is 5.69 Å². The molecule has 0 atom stereocenters. The number of para-hydroxylation sites is 2. The monoisotopic (exact) mass is 339 g/mol. The molecule has 3 aromatic rings. The molecule has 0 unspecified atom stereocenters. The predicted octanol–water partition coefficient (Wildman–Crippen LogP) is 4.09. The highest BCUT2D eigenvalue weighted by Crippen LogP contribution is 2.33. The molecule has 1 aromatic heterocycles. The SMILES string of the molecule is CC(C)(C)C(=O)Oc1ccc([N+](=O)[O-])c(-c2nc3ccccc3[nH]2)c1. The Kier molecular flexibility index (Phi) is 4.00. The Morgan fingerprint density at radius 1 is 1.20 bits per heavy atom. The van der Waals surface area contributed by atoms with Crippen molar-refractivity contribution in [1.29, 1.82) is 0 Å². The number of aromatic amines is 1. The molecule has 0 fully saturated rings. The number of nitro benzene ring substituents is 1. The van der Waals surface area contributed by atoms with Crippen molar-refractivity contribution in [3.63, 3.8) is 0 Å². The van der Waals surface area contributed by atoms with Gasteiger partial charge < -0.3 is 9.72 Å². The van der Waals surface area contributed by atoms with Crippen LogP contribution in [-0.4, -0.2) is 20.9 Å². The Hall–Kier alpha value is -3.22. The number of carbonyl (C=O) groups is 1. The van der Waals surface area contributed by atoms with Gasteiger partial charge in [-0.2, -0.15) is 0 Å². The van der Waals surface area contributed by atoms with Gasteiger partial charge in [0.05, 0.1) is 26.9 Å². The summed E-state index contributed by atoms with van der Waals surface area (Å²) in [6, 6.07) is 11.5. The van der Waals surface area contributed by atoms with E-state index in [4.69, 9.17) is 4.74 Å². The van der Waals surface area contributed by atoms with Gasteiger partial charge in [0.25, 0.3) is 5.69 Å². The average Bonchev–Trinajstić information content (AvgIpc) is 2.97. The standard InChI is InChI=1S/C18H17N3O4/c1-18(2,3)17(22)25-11-8-9-15(21(23)24)12(10-11)16-19-13-6-4-5-7-14(13)20-16/h4-10H,1-3H3,(H,19,20). The van der Waals surface area contributed by atoms with Crippen LogP contribution >= 0.6 is 0 Å². The third kappa shape index (κ3) is 3.35. The van der Waals surface area contributed by atoms with Crippen LogP contribution in [0.15, 0.2) is 42.5 Å². The van der Waals surface area contributed by atoms with E-state index < -0.39 is 16.3 Å². The van der Waals surface area contributed by atoms with Crippen LogP contribution in [0.25, 0.3) is 22.4 Å². The maximum absolute atomic E-state index is 12.1. The van der Waals surface area contributed by atoms with Crippen LogP contribution in [0.1, 0.15) is 20.8 Å². The lowest BCUT2D eigenvalue weighted by atomic mass is 9.97. The van der Waals surface area contributed by atoms with E-state index in [-0.39, 0.29) is 17.0 Å². The van der Waals surface area contributed by atoms with Crippen molar-refractivity contribution in [1.82, 2.24) is 9.97 Å². The average molecular weight is 339 g/mol. The van der Waals surface area contributed by atoms with Crippen molar-refractivity contribution in [3.8, 4) is 17.1 Å². The molecule has 0 bridgehead atoms. The molecule has 3 rings (SSSR count). The van der Waals surface area contributed by atoms with E-state index in [1.807, 2.05) is 24.3 Å². The molecule has 0 radical (unpaired) electrons. The maximum Gasteiger partial charge on any atom is 0.316 e. The number of benzene rings is 2. The van der Waals surface area contributed by atoms with Crippen LogP contribution < -0.4 is 4.74 Å². The Labute approximate surface area is 143 Å². The maximum atomic E-state index is 12.1. The Morgan fingerprint density at radius 3 is 2.56 bits per heavy atom. The lowest BCUT2D eigenvalue weighted by Gasteiger charge is -2.16. The number of imidazole rings is 1. The zero-order chi connectivity index (χ0) is 18.2. The van der Waals surface area contributed by atoms with Gasteiger partial charge in [-0.1, -0.05) is 12.1 Å². The first kappa shape index (κ1) is 16.6. The van der Waals surface area contributed by atoms with Crippen molar-refractivity contribution in [3.05, 3.63) is 52.6 Å². The van der Waals surface area contributed by atoms with Crippen LogP contribution in [-0.2, 0) is 4.79 Å². The highest BCUT2D eigenvalue weighted by molar-refractivity contribution is 5.83. The summed E-state index contributed by atoms with van der Waals surface area (Å²) >= 11 is 0. The Bertz CT molecular complexity index is 937. The minimum Gasteiger partial charge on any atom is -0.426 e. The van der Waals surface area contributed by atoms with Crippen molar-refractivity contribution in [2.75, 3.05) is 0 Å². The fraction of sp³-hybridized carbons (Fsp3) is 0.222. The first-order valence-electron chi connectivity index (χ1n) is 7.71. The lowest BCUT2D eigenvalue weighted by molar-refractivity contribution is -0.384. The van der Waals surface area contributed by atoms with E-state index in [1.165, 1.54) is 18.2 Å². The molecule has 0 aliphatic heterocycles. The molecular weight excluding hydrogens is 322 g/mol. The van der Waals surface area contributed by atoms with Crippen LogP contribution in [0, 0.1) is 15.5 Å². The predicted molar refractivity (Wildman–Crippen MR) is 93.3 cm³/mol. The molecule has 0 saturated heterocycles. The molecular formula is C18H17N3O4. The van der Waals surface area contributed by atoms with E-state index in [0.29, 0.717) is 11.3 Å². The molecule has 0 aliphatic rings. The van der Waals surface area contributed by atoms with Crippen LogP contribution in [0.2, 0.25) is 0 Å². The third-order valence-electron chi connectivity index (χ3n) is 3.63. The van der Waals surface area contributed by atoms with E-state index in [9.17, 15) is 14.9 Å². The Balaban J connectivity index is 2.08. The second-order valence-electron chi connectivity index (χ2n) is 6.68. The van der Waals surface area contributed by atoms with Crippen LogP contribution in [0.5, 0.6) is 5.75 Å². The van der Waals surface area contributed by atoms with Gasteiger partial charge in [-0.3, -0.25) is 14.9 Å². The summed E-state index contributed by atoms with van der Waals surface area (Å²) < 4.78 is 5.35. The molecule has 0 saturated carbocycles. The van der Waals surface area contributed by atoms with Crippen LogP contribution in [0.3, 0.4) is 0 Å². The summed E-state index contributed by atoms with van der Waals surface area (Å²) in [7, 11) is 0. The van der Waals surface area contributed by atoms with Gasteiger partial charge in [0.15, 0.2) is 0 Å². The first-order valence-corrected chi connectivity index (χ1v) is 7.71. The number of aromatic nitrogens is 2. The van der Waals surface area contributed by atoms with Gasteiger partial charge in [-0.15, -0.1) is 0 Å². The number of ether oxygens (including phenoxy) is 1. The largest absolute Gasteiger partial charge is 0.426 e. The number of H-pyrrole nitrogens is 1. The molecule has 2 aromatic carbocycles. The molecule has 7 heteroatoms. The number of rotatable bonds is 3. The van der Waals surface area contributed by atoms with Crippen molar-refractivity contribution >= 4 is 22.7 Å². The second kappa shape index (κ2) is 6.01. The van der Waals surface area contributed by atoms with Gasteiger partial charge >= 0.3 is 5.97 Å². The minimum absolute atomic E-state index is 0.116. The van der Waals surface area contributed by atoms with Gasteiger partial charge in [-0.05, 0) is 45.0 Å². The van der Waals surface area contributed by atoms with Gasteiger partial charge in [0.1, 0.15) is 11.6 Å².